The highest BCUT2D eigenvalue weighted by Gasteiger charge is 2.26. The van der Waals surface area contributed by atoms with E-state index in [2.05, 4.69) is 15.1 Å². The van der Waals surface area contributed by atoms with Crippen LogP contribution in [0.1, 0.15) is 30.1 Å². The summed E-state index contributed by atoms with van der Waals surface area (Å²) in [6.45, 7) is 4.87. The Balaban J connectivity index is 1.36. The molecule has 0 atom stereocenters. The van der Waals surface area contributed by atoms with E-state index in [1.165, 1.54) is 0 Å². The summed E-state index contributed by atoms with van der Waals surface area (Å²) in [4.78, 5) is 31.9. The van der Waals surface area contributed by atoms with Crippen LogP contribution >= 0.6 is 23.2 Å². The Kier molecular flexibility index (Phi) is 9.42. The van der Waals surface area contributed by atoms with Crippen molar-refractivity contribution in [3.05, 3.63) is 70.2 Å². The lowest BCUT2D eigenvalue weighted by molar-refractivity contribution is -0.132. The second-order valence-electron chi connectivity index (χ2n) is 9.08. The van der Waals surface area contributed by atoms with Gasteiger partial charge in [-0.05, 0) is 48.9 Å². The van der Waals surface area contributed by atoms with E-state index >= 15 is 0 Å². The van der Waals surface area contributed by atoms with Gasteiger partial charge in [-0.2, -0.15) is 0 Å². The summed E-state index contributed by atoms with van der Waals surface area (Å²) in [5, 5.41) is 9.55. The molecule has 1 aliphatic rings. The highest BCUT2D eigenvalue weighted by atomic mass is 35.5. The van der Waals surface area contributed by atoms with Crippen LogP contribution in [0.15, 0.2) is 54.6 Å². The highest BCUT2D eigenvalue weighted by Crippen LogP contribution is 2.24. The Bertz CT molecular complexity index is 1260. The minimum absolute atomic E-state index is 0.00678. The van der Waals surface area contributed by atoms with E-state index in [-0.39, 0.29) is 23.4 Å². The van der Waals surface area contributed by atoms with Crippen LogP contribution in [-0.2, 0) is 4.79 Å². The minimum Gasteiger partial charge on any atom is -0.497 e. The van der Waals surface area contributed by atoms with E-state index in [4.69, 9.17) is 27.9 Å². The van der Waals surface area contributed by atoms with Gasteiger partial charge in [-0.3, -0.25) is 9.59 Å². The second kappa shape index (κ2) is 12.9. The molecule has 2 heterocycles. The lowest BCUT2D eigenvalue weighted by Gasteiger charge is -2.36. The normalized spacial score (nSPS) is 13.4. The van der Waals surface area contributed by atoms with Gasteiger partial charge >= 0.3 is 0 Å². The van der Waals surface area contributed by atoms with Crippen molar-refractivity contribution >= 4 is 40.8 Å². The molecule has 2 aromatic carbocycles. The van der Waals surface area contributed by atoms with Gasteiger partial charge in [0.15, 0.2) is 5.82 Å². The van der Waals surface area contributed by atoms with Crippen LogP contribution in [-0.4, -0.2) is 78.2 Å². The smallest absolute Gasteiger partial charge is 0.255 e. The Hall–Kier alpha value is -3.36. The molecule has 0 aliphatic carbocycles. The van der Waals surface area contributed by atoms with Gasteiger partial charge in [0, 0.05) is 43.3 Å². The lowest BCUT2D eigenvalue weighted by Crippen LogP contribution is -2.52. The molecular formula is C28H31Cl2N5O3. The van der Waals surface area contributed by atoms with Crippen molar-refractivity contribution in [2.24, 2.45) is 0 Å². The molecule has 0 spiro atoms. The molecule has 1 aliphatic heterocycles. The second-order valence-corrected chi connectivity index (χ2v) is 9.92. The van der Waals surface area contributed by atoms with Crippen molar-refractivity contribution in [3.8, 4) is 17.0 Å². The van der Waals surface area contributed by atoms with Crippen molar-refractivity contribution in [3.63, 3.8) is 0 Å². The zero-order valence-electron chi connectivity index (χ0n) is 21.6. The van der Waals surface area contributed by atoms with Gasteiger partial charge in [-0.1, -0.05) is 48.7 Å². The van der Waals surface area contributed by atoms with Gasteiger partial charge in [0.1, 0.15) is 12.3 Å². The number of rotatable bonds is 9. The van der Waals surface area contributed by atoms with Crippen molar-refractivity contribution in [1.82, 2.24) is 20.0 Å². The number of amides is 2. The number of aromatic nitrogens is 2. The first-order chi connectivity index (χ1) is 18.4. The van der Waals surface area contributed by atoms with E-state index in [1.54, 1.807) is 35.1 Å². The van der Waals surface area contributed by atoms with E-state index in [0.29, 0.717) is 43.3 Å². The first kappa shape index (κ1) is 27.7. The van der Waals surface area contributed by atoms with Gasteiger partial charge in [0.05, 0.1) is 23.4 Å². The van der Waals surface area contributed by atoms with Crippen molar-refractivity contribution in [1.29, 1.82) is 0 Å². The maximum atomic E-state index is 13.2. The van der Waals surface area contributed by atoms with E-state index in [0.717, 1.165) is 35.7 Å². The number of anilines is 1. The van der Waals surface area contributed by atoms with Gasteiger partial charge in [-0.15, -0.1) is 10.2 Å². The molecular weight excluding hydrogens is 525 g/mol. The molecule has 4 rings (SSSR count). The zero-order valence-corrected chi connectivity index (χ0v) is 23.1. The quantitative estimate of drug-likeness (QED) is 0.367. The fraction of sp³-hybridized carbons (Fsp3) is 0.357. The predicted octanol–water partition coefficient (Wildman–Crippen LogP) is 5.05. The minimum atomic E-state index is -0.265. The molecule has 0 radical (unpaired) electrons. The summed E-state index contributed by atoms with van der Waals surface area (Å²) >= 11 is 12.3. The monoisotopic (exact) mass is 555 g/mol. The Morgan fingerprint density at radius 1 is 1.00 bits per heavy atom. The van der Waals surface area contributed by atoms with Crippen molar-refractivity contribution in [2.45, 2.75) is 19.8 Å². The van der Waals surface area contributed by atoms with E-state index in [9.17, 15) is 9.59 Å². The van der Waals surface area contributed by atoms with Crippen LogP contribution in [0.25, 0.3) is 11.3 Å². The molecule has 0 N–H and O–H groups in total. The number of hydrogen-bond donors (Lipinski definition) is 0. The third-order valence-electron chi connectivity index (χ3n) is 6.53. The average Bonchev–Trinajstić information content (AvgIpc) is 2.95. The third-order valence-corrected chi connectivity index (χ3v) is 7.08. The Labute approximate surface area is 233 Å². The van der Waals surface area contributed by atoms with Crippen LogP contribution in [0.2, 0.25) is 10.0 Å². The average molecular weight is 556 g/mol. The van der Waals surface area contributed by atoms with Gasteiger partial charge in [-0.25, -0.2) is 0 Å². The number of hydrogen-bond acceptors (Lipinski definition) is 6. The molecule has 0 unspecified atom stereocenters. The summed E-state index contributed by atoms with van der Waals surface area (Å²) in [5.41, 5.74) is 2.04. The van der Waals surface area contributed by atoms with Crippen LogP contribution in [0.4, 0.5) is 5.82 Å². The molecule has 0 saturated carbocycles. The van der Waals surface area contributed by atoms with Gasteiger partial charge < -0.3 is 19.4 Å². The lowest BCUT2D eigenvalue weighted by atomic mass is 10.1. The molecule has 10 heteroatoms. The fourth-order valence-electron chi connectivity index (χ4n) is 4.31. The van der Waals surface area contributed by atoms with Gasteiger partial charge in [0.25, 0.3) is 5.91 Å². The number of piperazine rings is 1. The number of halogens is 2. The van der Waals surface area contributed by atoms with Crippen LogP contribution < -0.4 is 9.64 Å². The molecule has 200 valence electrons. The Morgan fingerprint density at radius 2 is 1.79 bits per heavy atom. The Morgan fingerprint density at radius 3 is 2.45 bits per heavy atom. The van der Waals surface area contributed by atoms with Crippen LogP contribution in [0.5, 0.6) is 5.75 Å². The predicted molar refractivity (Wildman–Crippen MR) is 150 cm³/mol. The molecule has 2 amide bonds. The standard InChI is InChI=1S/C28H31Cl2N5O3/c1-3-4-12-35(28(37)23-9-8-21(29)18-24(23)30)19-27(36)34-15-13-33(14-16-34)26-11-10-25(31-32-26)20-6-5-7-22(17-20)38-2/h5-11,17-18H,3-4,12-16,19H2,1-2H3. The summed E-state index contributed by atoms with van der Waals surface area (Å²) in [6, 6.07) is 16.4. The van der Waals surface area contributed by atoms with Crippen molar-refractivity contribution < 1.29 is 14.3 Å². The first-order valence-corrected chi connectivity index (χ1v) is 13.4. The van der Waals surface area contributed by atoms with E-state index in [1.807, 2.05) is 43.3 Å². The molecule has 1 aromatic heterocycles. The number of unbranched alkanes of at least 4 members (excludes halogenated alkanes) is 1. The summed E-state index contributed by atoms with van der Waals surface area (Å²) in [6.07, 6.45) is 1.70. The molecule has 0 bridgehead atoms. The molecule has 8 nitrogen and oxygen atoms in total. The SMILES string of the molecule is CCCCN(CC(=O)N1CCN(c2ccc(-c3cccc(OC)c3)nn2)CC1)C(=O)c1ccc(Cl)cc1Cl. The maximum Gasteiger partial charge on any atom is 0.255 e. The molecule has 1 saturated heterocycles. The number of ether oxygens (including phenoxy) is 1. The molecule has 1 fully saturated rings. The summed E-state index contributed by atoms with van der Waals surface area (Å²) in [5.74, 6) is 1.18. The number of carbonyl (C=O) groups excluding carboxylic acids is 2. The van der Waals surface area contributed by atoms with Crippen LogP contribution in [0.3, 0.4) is 0 Å². The number of methoxy groups -OCH3 is 1. The third kappa shape index (κ3) is 6.74. The van der Waals surface area contributed by atoms with Crippen LogP contribution in [0, 0.1) is 0 Å². The topological polar surface area (TPSA) is 78.9 Å². The van der Waals surface area contributed by atoms with Gasteiger partial charge in [0.2, 0.25) is 5.91 Å². The molecule has 3 aromatic rings. The van der Waals surface area contributed by atoms with E-state index < -0.39 is 0 Å². The largest absolute Gasteiger partial charge is 0.497 e. The summed E-state index contributed by atoms with van der Waals surface area (Å²) in [7, 11) is 1.63. The number of carbonyl (C=O) groups is 2. The molecule has 38 heavy (non-hydrogen) atoms. The number of benzene rings is 2. The highest BCUT2D eigenvalue weighted by molar-refractivity contribution is 6.36. The van der Waals surface area contributed by atoms with Crippen molar-refractivity contribution in [2.75, 3.05) is 51.3 Å². The maximum absolute atomic E-state index is 13.2. The number of nitrogens with zero attached hydrogens (tertiary/aromatic N) is 5. The summed E-state index contributed by atoms with van der Waals surface area (Å²) < 4.78 is 5.29. The first-order valence-electron chi connectivity index (χ1n) is 12.6. The zero-order chi connectivity index (χ0) is 27.1. The fourth-order valence-corrected chi connectivity index (χ4v) is 4.80.